The molecular formula is C17H23N9. The molecule has 0 saturated carbocycles. The van der Waals surface area contributed by atoms with Crippen LogP contribution in [0.4, 0.5) is 0 Å². The van der Waals surface area contributed by atoms with Crippen LogP contribution in [0.5, 0.6) is 0 Å². The first-order chi connectivity index (χ1) is 12.8. The smallest absolute Gasteiger partial charge is 0.192 e. The molecule has 9 heteroatoms. The third-order valence-electron chi connectivity index (χ3n) is 4.46. The van der Waals surface area contributed by atoms with Crippen LogP contribution in [-0.2, 0) is 26.1 Å². The third kappa shape index (κ3) is 3.37. The fraction of sp³-hybridized carbons (Fsp3) is 0.471. The molecule has 3 aromatic heterocycles. The first-order valence-electron chi connectivity index (χ1n) is 9.07. The molecule has 2 N–H and O–H groups in total. The van der Waals surface area contributed by atoms with Crippen molar-refractivity contribution in [2.45, 2.75) is 45.8 Å². The molecule has 0 bridgehead atoms. The van der Waals surface area contributed by atoms with Crippen LogP contribution in [0.1, 0.15) is 37.2 Å². The summed E-state index contributed by atoms with van der Waals surface area (Å²) in [5.74, 6) is 3.57. The number of aromatic nitrogens is 6. The maximum absolute atomic E-state index is 4.66. The van der Waals surface area contributed by atoms with E-state index in [1.807, 2.05) is 35.7 Å². The Morgan fingerprint density at radius 1 is 1.12 bits per heavy atom. The lowest BCUT2D eigenvalue weighted by Gasteiger charge is -2.14. The minimum atomic E-state index is 0.503. The number of hydrogen-bond donors (Lipinski definition) is 2. The summed E-state index contributed by atoms with van der Waals surface area (Å²) in [5, 5.41) is 23.6. The fourth-order valence-electron chi connectivity index (χ4n) is 3.15. The molecular weight excluding hydrogens is 330 g/mol. The minimum absolute atomic E-state index is 0.503. The van der Waals surface area contributed by atoms with Crippen LogP contribution in [0.2, 0.25) is 0 Å². The van der Waals surface area contributed by atoms with Gasteiger partial charge in [0, 0.05) is 25.7 Å². The van der Waals surface area contributed by atoms with Gasteiger partial charge in [-0.3, -0.25) is 4.40 Å². The highest BCUT2D eigenvalue weighted by Crippen LogP contribution is 2.14. The van der Waals surface area contributed by atoms with E-state index in [4.69, 9.17) is 0 Å². The van der Waals surface area contributed by atoms with E-state index in [-0.39, 0.29) is 0 Å². The SMILES string of the molecule is CCNC(=NCc1nnc2n1CCCC2)NCc1nnc2ccccn12. The van der Waals surface area contributed by atoms with Gasteiger partial charge in [0.1, 0.15) is 12.4 Å². The predicted octanol–water partition coefficient (Wildman–Crippen LogP) is 0.912. The molecule has 0 radical (unpaired) electrons. The third-order valence-corrected chi connectivity index (χ3v) is 4.46. The quantitative estimate of drug-likeness (QED) is 0.523. The molecule has 136 valence electrons. The lowest BCUT2D eigenvalue weighted by atomic mass is 10.2. The van der Waals surface area contributed by atoms with Crippen molar-refractivity contribution in [1.29, 1.82) is 0 Å². The average molecular weight is 353 g/mol. The molecule has 0 spiro atoms. The standard InChI is InChI=1S/C17H23N9/c1-2-18-17(19-11-15-23-21-13-7-3-5-9-25(13)15)20-12-16-24-22-14-8-4-6-10-26(14)16/h3,5,7,9H,2,4,6,8,10-12H2,1H3,(H2,18,19,20). The Morgan fingerprint density at radius 3 is 2.96 bits per heavy atom. The molecule has 0 aromatic carbocycles. The molecule has 0 amide bonds. The molecule has 1 aliphatic rings. The average Bonchev–Trinajstić information content (AvgIpc) is 3.28. The Labute approximate surface area is 151 Å². The fourth-order valence-corrected chi connectivity index (χ4v) is 3.15. The van der Waals surface area contributed by atoms with Crippen molar-refractivity contribution >= 4 is 11.6 Å². The molecule has 0 fully saturated rings. The maximum Gasteiger partial charge on any atom is 0.192 e. The van der Waals surface area contributed by atoms with E-state index in [9.17, 15) is 0 Å². The summed E-state index contributed by atoms with van der Waals surface area (Å²) in [5.41, 5.74) is 0.835. The van der Waals surface area contributed by atoms with Gasteiger partial charge in [0.2, 0.25) is 0 Å². The van der Waals surface area contributed by atoms with Crippen molar-refractivity contribution in [3.63, 3.8) is 0 Å². The van der Waals surface area contributed by atoms with Crippen LogP contribution in [-0.4, -0.2) is 41.9 Å². The monoisotopic (exact) mass is 353 g/mol. The van der Waals surface area contributed by atoms with Crippen LogP contribution < -0.4 is 10.6 Å². The summed E-state index contributed by atoms with van der Waals surface area (Å²) in [7, 11) is 0. The summed E-state index contributed by atoms with van der Waals surface area (Å²) in [6.45, 7) is 4.85. The summed E-state index contributed by atoms with van der Waals surface area (Å²) in [6, 6.07) is 5.85. The Hall–Kier alpha value is -2.97. The van der Waals surface area contributed by atoms with Gasteiger partial charge in [0.25, 0.3) is 0 Å². The van der Waals surface area contributed by atoms with E-state index in [2.05, 4.69) is 40.6 Å². The number of rotatable bonds is 5. The summed E-state index contributed by atoms with van der Waals surface area (Å²) in [4.78, 5) is 4.66. The van der Waals surface area contributed by atoms with Gasteiger partial charge < -0.3 is 15.2 Å². The van der Waals surface area contributed by atoms with E-state index in [0.717, 1.165) is 48.6 Å². The lowest BCUT2D eigenvalue weighted by Crippen LogP contribution is -2.37. The van der Waals surface area contributed by atoms with Crippen molar-refractivity contribution in [3.05, 3.63) is 41.9 Å². The topological polar surface area (TPSA) is 97.3 Å². The summed E-state index contributed by atoms with van der Waals surface area (Å²) >= 11 is 0. The maximum atomic E-state index is 4.66. The predicted molar refractivity (Wildman–Crippen MR) is 97.6 cm³/mol. The number of nitrogens with zero attached hydrogens (tertiary/aromatic N) is 7. The highest BCUT2D eigenvalue weighted by molar-refractivity contribution is 5.79. The summed E-state index contributed by atoms with van der Waals surface area (Å²) in [6.07, 6.45) is 5.34. The van der Waals surface area contributed by atoms with E-state index in [1.165, 1.54) is 12.8 Å². The normalized spacial score (nSPS) is 14.4. The van der Waals surface area contributed by atoms with Gasteiger partial charge in [-0.2, -0.15) is 0 Å². The Kier molecular flexibility index (Phi) is 4.76. The molecule has 0 aliphatic carbocycles. The highest BCUT2D eigenvalue weighted by atomic mass is 15.3. The zero-order valence-corrected chi connectivity index (χ0v) is 14.9. The van der Waals surface area contributed by atoms with E-state index < -0.39 is 0 Å². The van der Waals surface area contributed by atoms with Crippen LogP contribution in [0, 0.1) is 0 Å². The minimum Gasteiger partial charge on any atom is -0.357 e. The van der Waals surface area contributed by atoms with Gasteiger partial charge in [-0.15, -0.1) is 20.4 Å². The number of pyridine rings is 1. The van der Waals surface area contributed by atoms with E-state index in [1.54, 1.807) is 0 Å². The van der Waals surface area contributed by atoms with Crippen LogP contribution in [0.3, 0.4) is 0 Å². The van der Waals surface area contributed by atoms with Crippen LogP contribution >= 0.6 is 0 Å². The van der Waals surface area contributed by atoms with Crippen LogP contribution in [0.15, 0.2) is 29.4 Å². The molecule has 0 atom stereocenters. The van der Waals surface area contributed by atoms with E-state index in [0.29, 0.717) is 13.1 Å². The van der Waals surface area contributed by atoms with Crippen molar-refractivity contribution in [1.82, 2.24) is 40.0 Å². The molecule has 26 heavy (non-hydrogen) atoms. The number of nitrogens with one attached hydrogen (secondary N) is 2. The van der Waals surface area contributed by atoms with Crippen LogP contribution in [0.25, 0.3) is 5.65 Å². The molecule has 1 aliphatic heterocycles. The van der Waals surface area contributed by atoms with Crippen molar-refractivity contribution in [2.24, 2.45) is 4.99 Å². The number of aryl methyl sites for hydroxylation is 1. The highest BCUT2D eigenvalue weighted by Gasteiger charge is 2.15. The zero-order valence-electron chi connectivity index (χ0n) is 14.9. The van der Waals surface area contributed by atoms with Gasteiger partial charge in [-0.1, -0.05) is 6.07 Å². The number of guanidine groups is 1. The second kappa shape index (κ2) is 7.51. The molecule has 3 aromatic rings. The van der Waals surface area contributed by atoms with Crippen molar-refractivity contribution in [3.8, 4) is 0 Å². The Morgan fingerprint density at radius 2 is 2.04 bits per heavy atom. The van der Waals surface area contributed by atoms with Crippen molar-refractivity contribution in [2.75, 3.05) is 6.54 Å². The van der Waals surface area contributed by atoms with Crippen molar-refractivity contribution < 1.29 is 0 Å². The molecule has 4 rings (SSSR count). The Bertz CT molecular complexity index is 908. The molecule has 0 unspecified atom stereocenters. The summed E-state index contributed by atoms with van der Waals surface area (Å²) < 4.78 is 4.16. The second-order valence-corrected chi connectivity index (χ2v) is 6.23. The second-order valence-electron chi connectivity index (χ2n) is 6.23. The number of aliphatic imine (C=N–C) groups is 1. The van der Waals surface area contributed by atoms with Gasteiger partial charge in [-0.25, -0.2) is 4.99 Å². The lowest BCUT2D eigenvalue weighted by molar-refractivity contribution is 0.508. The van der Waals surface area contributed by atoms with Gasteiger partial charge >= 0.3 is 0 Å². The molecule has 0 saturated heterocycles. The van der Waals surface area contributed by atoms with Gasteiger partial charge in [-0.05, 0) is 31.9 Å². The number of fused-ring (bicyclic) bond motifs is 2. The number of hydrogen-bond acceptors (Lipinski definition) is 5. The zero-order chi connectivity index (χ0) is 17.8. The first-order valence-corrected chi connectivity index (χ1v) is 9.07. The van der Waals surface area contributed by atoms with Gasteiger partial charge in [0.05, 0.1) is 6.54 Å². The largest absolute Gasteiger partial charge is 0.357 e. The van der Waals surface area contributed by atoms with E-state index >= 15 is 0 Å². The molecule has 4 heterocycles. The molecule has 9 nitrogen and oxygen atoms in total. The Balaban J connectivity index is 1.45. The van der Waals surface area contributed by atoms with Gasteiger partial charge in [0.15, 0.2) is 23.3 Å². The first kappa shape index (κ1) is 16.5.